The molecule has 3 aliphatic rings. The molecule has 8 heteroatoms. The van der Waals surface area contributed by atoms with Gasteiger partial charge < -0.3 is 9.64 Å². The number of ether oxygens (including phenoxy) is 1. The molecule has 1 aliphatic carbocycles. The van der Waals surface area contributed by atoms with Crippen LogP contribution in [-0.2, 0) is 0 Å². The number of para-hydroxylation sites is 1. The monoisotopic (exact) mass is 453 g/mol. The quantitative estimate of drug-likeness (QED) is 0.604. The Morgan fingerprint density at radius 2 is 1.93 bits per heavy atom. The third kappa shape index (κ3) is 3.53. The molecule has 2 aliphatic heterocycles. The van der Waals surface area contributed by atoms with Crippen molar-refractivity contribution in [3.05, 3.63) is 65.0 Å². The zero-order valence-corrected chi connectivity index (χ0v) is 17.3. The lowest BCUT2D eigenvalue weighted by Crippen LogP contribution is -2.59. The van der Waals surface area contributed by atoms with Gasteiger partial charge in [-0.1, -0.05) is 12.1 Å². The number of piperidine rings is 2. The highest BCUT2D eigenvalue weighted by Crippen LogP contribution is 2.38. The van der Waals surface area contributed by atoms with E-state index in [9.17, 15) is 4.79 Å². The largest absolute Gasteiger partial charge is 0.472 e. The summed E-state index contributed by atoms with van der Waals surface area (Å²) in [6.45, 7) is 0.762. The van der Waals surface area contributed by atoms with Gasteiger partial charge in [0.15, 0.2) is 0 Å². The Hall–Kier alpha value is -2.74. The van der Waals surface area contributed by atoms with Crippen LogP contribution in [0.2, 0.25) is 0 Å². The fourth-order valence-electron chi connectivity index (χ4n) is 4.40. The number of rotatable bonds is 4. The number of benzene rings is 1. The summed E-state index contributed by atoms with van der Waals surface area (Å²) in [5.74, 6) is 1.04. The number of amides is 1. The number of hydrogen-bond donors (Lipinski definition) is 0. The van der Waals surface area contributed by atoms with E-state index in [4.69, 9.17) is 4.74 Å². The van der Waals surface area contributed by atoms with Crippen LogP contribution < -0.4 is 4.74 Å². The summed E-state index contributed by atoms with van der Waals surface area (Å²) in [5, 5.41) is 8.40. The molecule has 2 saturated heterocycles. The SMILES string of the molecule is O=C(c1ccccc1-n1nccn1)N1C[C@@H]2CC[C@H]1[C@H](Oc1ccc(Br)cn1)C2. The van der Waals surface area contributed by atoms with Crippen molar-refractivity contribution in [2.24, 2.45) is 5.92 Å². The van der Waals surface area contributed by atoms with Gasteiger partial charge in [-0.3, -0.25) is 4.79 Å². The van der Waals surface area contributed by atoms with E-state index in [1.807, 2.05) is 41.3 Å². The van der Waals surface area contributed by atoms with Crippen molar-refractivity contribution in [1.29, 1.82) is 0 Å². The van der Waals surface area contributed by atoms with E-state index in [-0.39, 0.29) is 18.1 Å². The number of hydrogen-bond acceptors (Lipinski definition) is 5. The second-order valence-electron chi connectivity index (χ2n) is 7.51. The number of carbonyl (C=O) groups is 1. The number of nitrogens with zero attached hydrogens (tertiary/aromatic N) is 5. The lowest BCUT2D eigenvalue weighted by molar-refractivity contribution is -0.0313. The molecule has 4 heterocycles. The van der Waals surface area contributed by atoms with Gasteiger partial charge in [-0.15, -0.1) is 0 Å². The predicted molar refractivity (Wildman–Crippen MR) is 110 cm³/mol. The molecule has 3 fully saturated rings. The van der Waals surface area contributed by atoms with Crippen LogP contribution in [0.15, 0.2) is 59.5 Å². The molecule has 3 atom stereocenters. The third-order valence-corrected chi connectivity index (χ3v) is 6.19. The molecule has 1 amide bonds. The van der Waals surface area contributed by atoms with Crippen molar-refractivity contribution >= 4 is 21.8 Å². The van der Waals surface area contributed by atoms with E-state index in [0.717, 1.165) is 30.3 Å². The molecular formula is C21H20BrN5O2. The van der Waals surface area contributed by atoms with Gasteiger partial charge in [0.05, 0.1) is 29.7 Å². The summed E-state index contributed by atoms with van der Waals surface area (Å²) in [5.41, 5.74) is 1.30. The molecule has 6 rings (SSSR count). The van der Waals surface area contributed by atoms with Crippen molar-refractivity contribution in [1.82, 2.24) is 24.9 Å². The summed E-state index contributed by atoms with van der Waals surface area (Å²) < 4.78 is 7.12. The van der Waals surface area contributed by atoms with Gasteiger partial charge in [0, 0.05) is 23.3 Å². The predicted octanol–water partition coefficient (Wildman–Crippen LogP) is 3.50. The summed E-state index contributed by atoms with van der Waals surface area (Å²) in [7, 11) is 0. The normalized spacial score (nSPS) is 23.2. The average Bonchev–Trinajstić information content (AvgIpc) is 3.30. The van der Waals surface area contributed by atoms with Gasteiger partial charge in [0.1, 0.15) is 6.10 Å². The summed E-state index contributed by atoms with van der Waals surface area (Å²) in [6.07, 6.45) is 7.93. The summed E-state index contributed by atoms with van der Waals surface area (Å²) in [4.78, 5) is 21.3. The Balaban J connectivity index is 1.41. The molecule has 1 saturated carbocycles. The molecule has 2 bridgehead atoms. The van der Waals surface area contributed by atoms with E-state index in [2.05, 4.69) is 31.1 Å². The molecule has 0 N–H and O–H groups in total. The van der Waals surface area contributed by atoms with Crippen LogP contribution in [0.25, 0.3) is 5.69 Å². The fraction of sp³-hybridized carbons (Fsp3) is 0.333. The molecule has 29 heavy (non-hydrogen) atoms. The topological polar surface area (TPSA) is 73.1 Å². The molecule has 0 unspecified atom stereocenters. The second kappa shape index (κ2) is 7.59. The van der Waals surface area contributed by atoms with E-state index >= 15 is 0 Å². The van der Waals surface area contributed by atoms with E-state index in [1.54, 1.807) is 18.6 Å². The average molecular weight is 454 g/mol. The van der Waals surface area contributed by atoms with Crippen LogP contribution in [-0.4, -0.2) is 49.5 Å². The first-order valence-electron chi connectivity index (χ1n) is 9.74. The van der Waals surface area contributed by atoms with Gasteiger partial charge in [0.2, 0.25) is 5.88 Å². The first kappa shape index (κ1) is 18.3. The molecule has 0 radical (unpaired) electrons. The molecule has 2 aromatic heterocycles. The highest BCUT2D eigenvalue weighted by Gasteiger charge is 2.44. The Labute approximate surface area is 176 Å². The third-order valence-electron chi connectivity index (χ3n) is 5.72. The van der Waals surface area contributed by atoms with Gasteiger partial charge in [-0.05, 0) is 59.3 Å². The molecular weight excluding hydrogens is 434 g/mol. The zero-order chi connectivity index (χ0) is 19.8. The Kier molecular flexibility index (Phi) is 4.79. The molecule has 7 nitrogen and oxygen atoms in total. The van der Waals surface area contributed by atoms with Crippen LogP contribution in [0.5, 0.6) is 5.88 Å². The molecule has 0 spiro atoms. The summed E-state index contributed by atoms with van der Waals surface area (Å²) in [6, 6.07) is 11.3. The first-order valence-corrected chi connectivity index (χ1v) is 10.5. The number of fused-ring (bicyclic) bond motifs is 3. The minimum Gasteiger partial charge on any atom is -0.472 e. The lowest BCUT2D eigenvalue weighted by atomic mass is 9.77. The first-order chi connectivity index (χ1) is 14.2. The van der Waals surface area contributed by atoms with Gasteiger partial charge in [-0.25, -0.2) is 4.98 Å². The number of aromatic nitrogens is 4. The minimum absolute atomic E-state index is 0.00432. The van der Waals surface area contributed by atoms with Crippen LogP contribution in [0.1, 0.15) is 29.6 Å². The van der Waals surface area contributed by atoms with E-state index in [1.165, 1.54) is 4.80 Å². The maximum Gasteiger partial charge on any atom is 0.256 e. The number of carbonyl (C=O) groups excluding carboxylic acids is 1. The van der Waals surface area contributed by atoms with E-state index < -0.39 is 0 Å². The second-order valence-corrected chi connectivity index (χ2v) is 8.43. The Morgan fingerprint density at radius 1 is 1.10 bits per heavy atom. The van der Waals surface area contributed by atoms with Crippen LogP contribution in [0.4, 0.5) is 0 Å². The smallest absolute Gasteiger partial charge is 0.256 e. The number of halogens is 1. The molecule has 3 aromatic rings. The van der Waals surface area contributed by atoms with Crippen molar-refractivity contribution in [3.8, 4) is 11.6 Å². The minimum atomic E-state index is -0.0462. The van der Waals surface area contributed by atoms with Crippen molar-refractivity contribution in [2.45, 2.75) is 31.4 Å². The maximum absolute atomic E-state index is 13.5. The lowest BCUT2D eigenvalue weighted by Gasteiger charge is -2.49. The van der Waals surface area contributed by atoms with Gasteiger partial charge >= 0.3 is 0 Å². The zero-order valence-electron chi connectivity index (χ0n) is 15.7. The van der Waals surface area contributed by atoms with Gasteiger partial charge in [-0.2, -0.15) is 15.0 Å². The Morgan fingerprint density at radius 3 is 2.69 bits per heavy atom. The summed E-state index contributed by atoms with van der Waals surface area (Å²) >= 11 is 3.40. The molecule has 1 aromatic carbocycles. The standard InChI is InChI=1S/C21H20BrN5O2/c22-15-6-8-20(23-12-15)29-19-11-14-5-7-18(19)26(13-14)21(28)16-3-1-2-4-17(16)27-24-9-10-25-27/h1-4,6,8-10,12,14,18-19H,5,7,11,13H2/t14-,18+,19-/m1/s1. The van der Waals surface area contributed by atoms with Crippen molar-refractivity contribution in [2.75, 3.05) is 6.54 Å². The highest BCUT2D eigenvalue weighted by molar-refractivity contribution is 9.10. The Bertz CT molecular complexity index is 1010. The highest BCUT2D eigenvalue weighted by atomic mass is 79.9. The molecule has 148 valence electrons. The van der Waals surface area contributed by atoms with Crippen molar-refractivity contribution in [3.63, 3.8) is 0 Å². The van der Waals surface area contributed by atoms with Crippen LogP contribution >= 0.6 is 15.9 Å². The fourth-order valence-corrected chi connectivity index (χ4v) is 4.64. The van der Waals surface area contributed by atoms with Crippen LogP contribution in [0.3, 0.4) is 0 Å². The van der Waals surface area contributed by atoms with Crippen LogP contribution in [0, 0.1) is 5.92 Å². The maximum atomic E-state index is 13.5. The number of pyridine rings is 1. The van der Waals surface area contributed by atoms with E-state index in [0.29, 0.717) is 23.0 Å². The van der Waals surface area contributed by atoms with Crippen molar-refractivity contribution < 1.29 is 9.53 Å². The van der Waals surface area contributed by atoms with Gasteiger partial charge in [0.25, 0.3) is 5.91 Å².